The molecule has 0 bridgehead atoms. The summed E-state index contributed by atoms with van der Waals surface area (Å²) in [5.74, 6) is 0. The van der Waals surface area contributed by atoms with Crippen molar-refractivity contribution in [2.24, 2.45) is 5.73 Å². The van der Waals surface area contributed by atoms with Crippen LogP contribution in [-0.2, 0) is 0 Å². The predicted octanol–water partition coefficient (Wildman–Crippen LogP) is -0.518. The lowest BCUT2D eigenvalue weighted by Crippen LogP contribution is -2.40. The first-order valence-electron chi connectivity index (χ1n) is 3.16. The highest BCUT2D eigenvalue weighted by atomic mass is 16.2. The van der Waals surface area contributed by atoms with Gasteiger partial charge in [0.15, 0.2) is 0 Å². The van der Waals surface area contributed by atoms with Crippen molar-refractivity contribution >= 4 is 6.03 Å². The number of carbonyl (C=O) groups excluding carboxylic acids is 1. The van der Waals surface area contributed by atoms with Crippen LogP contribution in [0.3, 0.4) is 0 Å². The molecule has 1 fully saturated rings. The summed E-state index contributed by atoms with van der Waals surface area (Å²) in [4.78, 5) is 12.4. The van der Waals surface area contributed by atoms with E-state index < -0.39 is 0 Å². The minimum Gasteiger partial charge on any atom is -0.335 e. The molecule has 1 saturated heterocycles. The van der Waals surface area contributed by atoms with Crippen LogP contribution in [-0.4, -0.2) is 30.2 Å². The molecule has 56 valence electrons. The maximum atomic E-state index is 10.9. The quantitative estimate of drug-likeness (QED) is 0.508. The maximum absolute atomic E-state index is 10.9. The molecule has 1 rings (SSSR count). The molecular formula is C6H11N3O. The van der Waals surface area contributed by atoms with Crippen LogP contribution in [0.5, 0.6) is 0 Å². The fraction of sp³-hybridized carbons (Fsp3) is 0.500. The number of urea groups is 1. The lowest BCUT2D eigenvalue weighted by molar-refractivity contribution is 0.211. The van der Waals surface area contributed by atoms with Crippen molar-refractivity contribution in [2.75, 3.05) is 13.1 Å². The minimum absolute atomic E-state index is 0.104. The molecule has 2 amide bonds. The average Bonchev–Trinajstić information content (AvgIpc) is 2.20. The maximum Gasteiger partial charge on any atom is 0.319 e. The Morgan fingerprint density at radius 1 is 2.00 bits per heavy atom. The number of nitrogens with two attached hydrogens (primary N) is 1. The van der Waals surface area contributed by atoms with E-state index in [4.69, 9.17) is 5.73 Å². The Morgan fingerprint density at radius 3 is 3.10 bits per heavy atom. The van der Waals surface area contributed by atoms with Crippen molar-refractivity contribution < 1.29 is 4.79 Å². The highest BCUT2D eigenvalue weighted by Gasteiger charge is 2.25. The summed E-state index contributed by atoms with van der Waals surface area (Å²) >= 11 is 0. The standard InChI is InChI=1S/C6H11N3O/c1-2-3-9-5(7)4-8-6(9)10/h2,5H,1,3-4,7H2,(H,8,10). The molecule has 4 nitrogen and oxygen atoms in total. The van der Waals surface area contributed by atoms with Crippen LogP contribution in [0.2, 0.25) is 0 Å². The van der Waals surface area contributed by atoms with E-state index in [9.17, 15) is 4.79 Å². The molecule has 1 unspecified atom stereocenters. The van der Waals surface area contributed by atoms with Crippen LogP contribution in [0.15, 0.2) is 12.7 Å². The van der Waals surface area contributed by atoms with Gasteiger partial charge in [0.05, 0.1) is 12.7 Å². The average molecular weight is 141 g/mol. The van der Waals surface area contributed by atoms with Gasteiger partial charge in [0.2, 0.25) is 0 Å². The van der Waals surface area contributed by atoms with Crippen molar-refractivity contribution in [1.29, 1.82) is 0 Å². The molecule has 0 aromatic heterocycles. The van der Waals surface area contributed by atoms with Gasteiger partial charge in [-0.2, -0.15) is 0 Å². The van der Waals surface area contributed by atoms with Crippen molar-refractivity contribution in [1.82, 2.24) is 10.2 Å². The lowest BCUT2D eigenvalue weighted by Gasteiger charge is -2.16. The first-order chi connectivity index (χ1) is 4.75. The molecule has 0 aromatic carbocycles. The SMILES string of the molecule is C=CCN1C(=O)NCC1N. The Bertz CT molecular complexity index is 157. The first-order valence-corrected chi connectivity index (χ1v) is 3.16. The molecule has 0 radical (unpaired) electrons. The molecule has 1 aliphatic heterocycles. The smallest absolute Gasteiger partial charge is 0.319 e. The molecule has 4 heteroatoms. The Kier molecular flexibility index (Phi) is 1.91. The zero-order valence-electron chi connectivity index (χ0n) is 5.71. The van der Waals surface area contributed by atoms with E-state index in [1.165, 1.54) is 4.90 Å². The van der Waals surface area contributed by atoms with Gasteiger partial charge in [0.1, 0.15) is 0 Å². The fourth-order valence-electron chi connectivity index (χ4n) is 0.912. The highest BCUT2D eigenvalue weighted by molar-refractivity contribution is 5.76. The van der Waals surface area contributed by atoms with Gasteiger partial charge in [-0.25, -0.2) is 4.79 Å². The molecule has 0 spiro atoms. The number of amides is 2. The number of hydrogen-bond donors (Lipinski definition) is 2. The van der Waals surface area contributed by atoms with Crippen LogP contribution in [0.1, 0.15) is 0 Å². The number of hydrogen-bond acceptors (Lipinski definition) is 2. The van der Waals surface area contributed by atoms with Crippen molar-refractivity contribution in [3.8, 4) is 0 Å². The third-order valence-electron chi connectivity index (χ3n) is 1.45. The van der Waals surface area contributed by atoms with Crippen LogP contribution >= 0.6 is 0 Å². The van der Waals surface area contributed by atoms with E-state index in [0.717, 1.165) is 0 Å². The van der Waals surface area contributed by atoms with Crippen LogP contribution in [0.25, 0.3) is 0 Å². The first kappa shape index (κ1) is 7.08. The van der Waals surface area contributed by atoms with E-state index >= 15 is 0 Å². The van der Waals surface area contributed by atoms with Crippen LogP contribution < -0.4 is 11.1 Å². The number of rotatable bonds is 2. The Morgan fingerprint density at radius 2 is 2.70 bits per heavy atom. The van der Waals surface area contributed by atoms with Gasteiger partial charge in [-0.3, -0.25) is 0 Å². The second kappa shape index (κ2) is 2.70. The van der Waals surface area contributed by atoms with Gasteiger partial charge in [0.25, 0.3) is 0 Å². The second-order valence-corrected chi connectivity index (χ2v) is 2.19. The predicted molar refractivity (Wildman–Crippen MR) is 38.3 cm³/mol. The summed E-state index contributed by atoms with van der Waals surface area (Å²) in [5, 5.41) is 2.62. The number of nitrogens with zero attached hydrogens (tertiary/aromatic N) is 1. The molecular weight excluding hydrogens is 130 g/mol. The molecule has 1 aliphatic rings. The second-order valence-electron chi connectivity index (χ2n) is 2.19. The summed E-state index contributed by atoms with van der Waals surface area (Å²) in [6.07, 6.45) is 1.47. The van der Waals surface area contributed by atoms with E-state index in [0.29, 0.717) is 13.1 Å². The summed E-state index contributed by atoms with van der Waals surface area (Å²) in [5.41, 5.74) is 5.55. The molecule has 10 heavy (non-hydrogen) atoms. The summed E-state index contributed by atoms with van der Waals surface area (Å²) < 4.78 is 0. The Hall–Kier alpha value is -1.03. The fourth-order valence-corrected chi connectivity index (χ4v) is 0.912. The Labute approximate surface area is 59.7 Å². The zero-order valence-corrected chi connectivity index (χ0v) is 5.71. The topological polar surface area (TPSA) is 58.4 Å². The van der Waals surface area contributed by atoms with E-state index in [-0.39, 0.29) is 12.2 Å². The zero-order chi connectivity index (χ0) is 7.56. The van der Waals surface area contributed by atoms with Crippen LogP contribution in [0, 0.1) is 0 Å². The number of nitrogens with one attached hydrogen (secondary N) is 1. The summed E-state index contributed by atoms with van der Waals surface area (Å²) in [6.45, 7) is 4.57. The molecule has 0 aliphatic carbocycles. The third-order valence-corrected chi connectivity index (χ3v) is 1.45. The van der Waals surface area contributed by atoms with Gasteiger partial charge in [-0.05, 0) is 0 Å². The van der Waals surface area contributed by atoms with Gasteiger partial charge in [0, 0.05) is 6.54 Å². The summed E-state index contributed by atoms with van der Waals surface area (Å²) in [6, 6.07) is -0.104. The van der Waals surface area contributed by atoms with E-state index in [1.54, 1.807) is 6.08 Å². The van der Waals surface area contributed by atoms with E-state index in [1.807, 2.05) is 0 Å². The van der Waals surface area contributed by atoms with Gasteiger partial charge < -0.3 is 16.0 Å². The van der Waals surface area contributed by atoms with E-state index in [2.05, 4.69) is 11.9 Å². The van der Waals surface area contributed by atoms with Crippen molar-refractivity contribution in [3.05, 3.63) is 12.7 Å². The van der Waals surface area contributed by atoms with Gasteiger partial charge >= 0.3 is 6.03 Å². The van der Waals surface area contributed by atoms with Crippen LogP contribution in [0.4, 0.5) is 4.79 Å². The molecule has 0 saturated carbocycles. The highest BCUT2D eigenvalue weighted by Crippen LogP contribution is 2.00. The normalized spacial score (nSPS) is 24.7. The summed E-state index contributed by atoms with van der Waals surface area (Å²) in [7, 11) is 0. The molecule has 1 heterocycles. The van der Waals surface area contributed by atoms with Gasteiger partial charge in [-0.15, -0.1) is 6.58 Å². The largest absolute Gasteiger partial charge is 0.335 e. The third kappa shape index (κ3) is 1.11. The minimum atomic E-state index is -0.189. The molecule has 1 atom stereocenters. The monoisotopic (exact) mass is 141 g/mol. The van der Waals surface area contributed by atoms with Gasteiger partial charge in [-0.1, -0.05) is 6.08 Å². The molecule has 0 aromatic rings. The molecule has 3 N–H and O–H groups in total. The van der Waals surface area contributed by atoms with Crippen molar-refractivity contribution in [2.45, 2.75) is 6.17 Å². The number of carbonyl (C=O) groups is 1. The Balaban J connectivity index is 2.53. The lowest BCUT2D eigenvalue weighted by atomic mass is 10.4. The van der Waals surface area contributed by atoms with Crippen molar-refractivity contribution in [3.63, 3.8) is 0 Å².